The molecule has 0 bridgehead atoms. The molecule has 0 fully saturated rings. The standard InChI is InChI=1S/C26H37N5O6S/c1-17-14-31(18(2)16-32)38(34,35)24-11-10-21(9-8-12-29(5)6)13-22(24)36-23(17)15-30(7)26(33)27-25-19(3)28-37-20(25)4/h10-11,13,17-18,23,32H,12,14-16H2,1-7H3,(H,27,33)/t17-,18+,23-/m1/s1. The number of aliphatic hydroxyl groups is 1. The minimum Gasteiger partial charge on any atom is -0.487 e. The highest BCUT2D eigenvalue weighted by Gasteiger charge is 2.38. The Bertz CT molecular complexity index is 1290. The monoisotopic (exact) mass is 547 g/mol. The van der Waals surface area contributed by atoms with Crippen molar-refractivity contribution >= 4 is 21.7 Å². The number of benzene rings is 1. The molecule has 2 aromatic rings. The predicted octanol–water partition coefficient (Wildman–Crippen LogP) is 2.14. The normalized spacial score (nSPS) is 19.8. The highest BCUT2D eigenvalue weighted by Crippen LogP contribution is 2.34. The van der Waals surface area contributed by atoms with Crippen LogP contribution in [0.15, 0.2) is 27.6 Å². The Labute approximate surface area is 224 Å². The average Bonchev–Trinajstić information content (AvgIpc) is 3.17. The van der Waals surface area contributed by atoms with E-state index in [2.05, 4.69) is 22.3 Å². The van der Waals surface area contributed by atoms with E-state index in [0.717, 1.165) is 0 Å². The van der Waals surface area contributed by atoms with Crippen LogP contribution in [0.1, 0.15) is 30.9 Å². The third-order valence-electron chi connectivity index (χ3n) is 6.36. The van der Waals surface area contributed by atoms with Gasteiger partial charge >= 0.3 is 6.03 Å². The maximum absolute atomic E-state index is 13.6. The smallest absolute Gasteiger partial charge is 0.321 e. The second-order valence-corrected chi connectivity index (χ2v) is 11.8. The minimum atomic E-state index is -3.97. The average molecular weight is 548 g/mol. The molecule has 1 aliphatic rings. The summed E-state index contributed by atoms with van der Waals surface area (Å²) >= 11 is 0. The molecule has 0 aliphatic carbocycles. The number of fused-ring (bicyclic) bond motifs is 1. The fourth-order valence-corrected chi connectivity index (χ4v) is 5.86. The zero-order chi connectivity index (χ0) is 28.2. The fraction of sp³-hybridized carbons (Fsp3) is 0.538. The Hall–Kier alpha value is -3.11. The van der Waals surface area contributed by atoms with Crippen LogP contribution in [0.4, 0.5) is 10.5 Å². The number of rotatable bonds is 6. The van der Waals surface area contributed by atoms with E-state index in [-0.39, 0.29) is 42.3 Å². The largest absolute Gasteiger partial charge is 0.487 e. The van der Waals surface area contributed by atoms with Gasteiger partial charge in [-0.3, -0.25) is 4.90 Å². The van der Waals surface area contributed by atoms with Crippen LogP contribution in [0.3, 0.4) is 0 Å². The van der Waals surface area contributed by atoms with Gasteiger partial charge in [0.1, 0.15) is 28.1 Å². The van der Waals surface area contributed by atoms with Crippen LogP contribution < -0.4 is 10.1 Å². The summed E-state index contributed by atoms with van der Waals surface area (Å²) in [7, 11) is 1.49. The third-order valence-corrected chi connectivity index (χ3v) is 8.38. The zero-order valence-corrected chi connectivity index (χ0v) is 23.8. The number of nitrogens with zero attached hydrogens (tertiary/aromatic N) is 4. The van der Waals surface area contributed by atoms with Crippen molar-refractivity contribution in [1.29, 1.82) is 0 Å². The first-order valence-electron chi connectivity index (χ1n) is 12.4. The van der Waals surface area contributed by atoms with Gasteiger partial charge in [0.05, 0.1) is 19.7 Å². The Morgan fingerprint density at radius 3 is 2.63 bits per heavy atom. The minimum absolute atomic E-state index is 0.00400. The van der Waals surface area contributed by atoms with Gasteiger partial charge < -0.3 is 24.6 Å². The van der Waals surface area contributed by atoms with Crippen LogP contribution >= 0.6 is 0 Å². The molecular formula is C26H37N5O6S. The quantitative estimate of drug-likeness (QED) is 0.527. The van der Waals surface area contributed by atoms with Gasteiger partial charge in [0.15, 0.2) is 5.76 Å². The van der Waals surface area contributed by atoms with Crippen molar-refractivity contribution in [2.45, 2.75) is 44.7 Å². The van der Waals surface area contributed by atoms with E-state index in [1.165, 1.54) is 15.3 Å². The lowest BCUT2D eigenvalue weighted by Crippen LogP contribution is -2.50. The van der Waals surface area contributed by atoms with Gasteiger partial charge in [0.25, 0.3) is 0 Å². The Morgan fingerprint density at radius 1 is 1.32 bits per heavy atom. The summed E-state index contributed by atoms with van der Waals surface area (Å²) in [6, 6.07) is 3.73. The van der Waals surface area contributed by atoms with Gasteiger partial charge in [0.2, 0.25) is 10.0 Å². The van der Waals surface area contributed by atoms with Crippen molar-refractivity contribution in [2.24, 2.45) is 5.92 Å². The van der Waals surface area contributed by atoms with Crippen molar-refractivity contribution in [3.8, 4) is 17.6 Å². The number of hydrogen-bond donors (Lipinski definition) is 2. The second-order valence-electron chi connectivity index (χ2n) is 9.95. The van der Waals surface area contributed by atoms with Gasteiger partial charge in [0, 0.05) is 31.1 Å². The van der Waals surface area contributed by atoms with E-state index >= 15 is 0 Å². The topological polar surface area (TPSA) is 128 Å². The molecular weight excluding hydrogens is 510 g/mol. The fourth-order valence-electron chi connectivity index (χ4n) is 4.04. The molecule has 1 aromatic heterocycles. The first kappa shape index (κ1) is 29.4. The molecule has 3 rings (SSSR count). The number of hydrogen-bond acceptors (Lipinski definition) is 8. The molecule has 0 saturated carbocycles. The maximum Gasteiger partial charge on any atom is 0.321 e. The number of urea groups is 1. The summed E-state index contributed by atoms with van der Waals surface area (Å²) < 4.78 is 40.0. The van der Waals surface area contributed by atoms with Crippen molar-refractivity contribution in [2.75, 3.05) is 52.7 Å². The molecule has 0 saturated heterocycles. The van der Waals surface area contributed by atoms with Crippen LogP contribution in [-0.4, -0.2) is 98.3 Å². The van der Waals surface area contributed by atoms with Crippen LogP contribution in [0.25, 0.3) is 0 Å². The number of nitrogens with one attached hydrogen (secondary N) is 1. The summed E-state index contributed by atoms with van der Waals surface area (Å²) in [6.45, 7) is 7.46. The molecule has 0 spiro atoms. The zero-order valence-electron chi connectivity index (χ0n) is 23.0. The van der Waals surface area contributed by atoms with Crippen LogP contribution in [-0.2, 0) is 10.0 Å². The molecule has 0 radical (unpaired) electrons. The highest BCUT2D eigenvalue weighted by atomic mass is 32.2. The third kappa shape index (κ3) is 6.66. The van der Waals surface area contributed by atoms with Crippen molar-refractivity contribution in [1.82, 2.24) is 19.3 Å². The number of amides is 2. The van der Waals surface area contributed by atoms with Gasteiger partial charge in [-0.05, 0) is 53.1 Å². The molecule has 38 heavy (non-hydrogen) atoms. The summed E-state index contributed by atoms with van der Waals surface area (Å²) in [5.74, 6) is 6.43. The summed E-state index contributed by atoms with van der Waals surface area (Å²) in [6.07, 6.45) is -0.553. The van der Waals surface area contributed by atoms with Gasteiger partial charge in [-0.25, -0.2) is 13.2 Å². The van der Waals surface area contributed by atoms with E-state index in [9.17, 15) is 18.3 Å². The number of likely N-dealkylation sites (N-methyl/N-ethyl adjacent to an activating group) is 1. The molecule has 208 valence electrons. The van der Waals surface area contributed by atoms with E-state index in [4.69, 9.17) is 9.26 Å². The molecule has 2 N–H and O–H groups in total. The number of sulfonamides is 1. The van der Waals surface area contributed by atoms with Crippen molar-refractivity contribution < 1.29 is 27.6 Å². The first-order chi connectivity index (χ1) is 17.8. The summed E-state index contributed by atoms with van der Waals surface area (Å²) in [5.41, 5.74) is 1.68. The number of carbonyl (C=O) groups excluding carboxylic acids is 1. The SMILES string of the molecule is Cc1noc(C)c1NC(=O)N(C)C[C@H]1Oc2cc(C#CCN(C)C)ccc2S(=O)(=O)N([C@@H](C)CO)C[C@H]1C. The number of aryl methyl sites for hydroxylation is 2. The van der Waals surface area contributed by atoms with Crippen LogP contribution in [0.5, 0.6) is 5.75 Å². The lowest BCUT2D eigenvalue weighted by molar-refractivity contribution is 0.0830. The van der Waals surface area contributed by atoms with E-state index in [1.807, 2.05) is 25.9 Å². The molecule has 3 atom stereocenters. The number of ether oxygens (including phenoxy) is 1. The highest BCUT2D eigenvalue weighted by molar-refractivity contribution is 7.89. The molecule has 0 unspecified atom stereocenters. The Kier molecular flexibility index (Phi) is 9.43. The molecule has 12 heteroatoms. The summed E-state index contributed by atoms with van der Waals surface area (Å²) in [5, 5.41) is 16.5. The molecule has 1 aromatic carbocycles. The van der Waals surface area contributed by atoms with Crippen LogP contribution in [0.2, 0.25) is 0 Å². The molecule has 11 nitrogen and oxygen atoms in total. The van der Waals surface area contributed by atoms with Crippen molar-refractivity contribution in [3.63, 3.8) is 0 Å². The van der Waals surface area contributed by atoms with E-state index < -0.39 is 22.2 Å². The Balaban J connectivity index is 1.96. The maximum atomic E-state index is 13.6. The lowest BCUT2D eigenvalue weighted by Gasteiger charge is -2.37. The number of anilines is 1. The number of aromatic nitrogens is 1. The van der Waals surface area contributed by atoms with Gasteiger partial charge in [-0.1, -0.05) is 23.9 Å². The van der Waals surface area contributed by atoms with E-state index in [0.29, 0.717) is 29.2 Å². The van der Waals surface area contributed by atoms with Crippen LogP contribution in [0, 0.1) is 31.6 Å². The Morgan fingerprint density at radius 2 is 2.03 bits per heavy atom. The first-order valence-corrected chi connectivity index (χ1v) is 13.8. The van der Waals surface area contributed by atoms with Gasteiger partial charge in [-0.2, -0.15) is 4.31 Å². The van der Waals surface area contributed by atoms with Gasteiger partial charge in [-0.15, -0.1) is 0 Å². The molecule has 2 amide bonds. The van der Waals surface area contributed by atoms with E-state index in [1.54, 1.807) is 40.0 Å². The molecule has 1 aliphatic heterocycles. The van der Waals surface area contributed by atoms with Crippen molar-refractivity contribution in [3.05, 3.63) is 35.2 Å². The summed E-state index contributed by atoms with van der Waals surface area (Å²) in [4.78, 5) is 16.4. The number of aliphatic hydroxyl groups excluding tert-OH is 1. The lowest BCUT2D eigenvalue weighted by atomic mass is 10.0. The number of carbonyl (C=O) groups is 1. The molecule has 2 heterocycles. The second kappa shape index (κ2) is 12.2. The predicted molar refractivity (Wildman–Crippen MR) is 144 cm³/mol.